The Labute approximate surface area is 172 Å². The first-order chi connectivity index (χ1) is 11.8. The number of rotatable bonds is 17. The molecule has 0 fully saturated rings. The van der Waals surface area contributed by atoms with E-state index in [0.29, 0.717) is 12.3 Å². The van der Waals surface area contributed by atoms with Crippen LogP contribution in [0.2, 0.25) is 0 Å². The molecule has 0 aromatic carbocycles. The number of unbranched alkanes of at least 4 members (excludes halogenated alkanes) is 13. The van der Waals surface area contributed by atoms with E-state index in [1.807, 2.05) is 6.08 Å². The van der Waals surface area contributed by atoms with Crippen LogP contribution in [-0.4, -0.2) is 23.9 Å². The Morgan fingerprint density at radius 1 is 0.680 bits per heavy atom. The van der Waals surface area contributed by atoms with Crippen molar-refractivity contribution in [3.05, 3.63) is 17.6 Å². The van der Waals surface area contributed by atoms with Gasteiger partial charge in [0.05, 0.1) is 5.76 Å². The Kier molecular flexibility index (Phi) is 34.6. The molecule has 0 unspecified atom stereocenters. The molecule has 0 atom stereocenters. The quantitative estimate of drug-likeness (QED) is 0.154. The monoisotopic (exact) mass is 526 g/mol. The van der Waals surface area contributed by atoms with Crippen LogP contribution in [0.5, 0.6) is 0 Å². The fourth-order valence-electron chi connectivity index (χ4n) is 2.89. The van der Waals surface area contributed by atoms with Gasteiger partial charge in [-0.1, -0.05) is 90.4 Å². The van der Waals surface area contributed by atoms with E-state index < -0.39 is 0 Å². The summed E-state index contributed by atoms with van der Waals surface area (Å²) >= 11 is 0. The van der Waals surface area contributed by atoms with Gasteiger partial charge < -0.3 is 15.9 Å². The van der Waals surface area contributed by atoms with Gasteiger partial charge in [-0.25, -0.2) is 0 Å². The van der Waals surface area contributed by atoms with Crippen LogP contribution in [0, 0.1) is 0 Å². The maximum atomic E-state index is 9.51. The molecule has 0 spiro atoms. The van der Waals surface area contributed by atoms with Crippen molar-refractivity contribution < 1.29 is 31.3 Å². The minimum atomic E-state index is 0. The number of hydrogen-bond donors (Lipinski definition) is 2. The molecule has 3 N–H and O–H groups in total. The number of aliphatic hydroxyl groups excluding tert-OH is 2. The third-order valence-electron chi connectivity index (χ3n) is 4.30. The van der Waals surface area contributed by atoms with Crippen molar-refractivity contribution in [1.29, 1.82) is 0 Å². The average Bonchev–Trinajstić information content (AvgIpc) is 2.60. The molecule has 0 aromatic heterocycles. The number of nitrogens with one attached hydrogen (secondary N) is 1. The summed E-state index contributed by atoms with van der Waals surface area (Å²) < 4.78 is 0. The standard InChI is InChI=1S/C20H40NO.CH4O.W/c1-2-17-20(22)18-15-13-11-9-7-5-3-4-6-8-10-12-14-16-19-21;1-2;/h17,21-22H,2-16,18-19H2,1H3;2H,1H3;/q-1;;/b20-17+;;. The van der Waals surface area contributed by atoms with Crippen molar-refractivity contribution in [2.75, 3.05) is 13.7 Å². The van der Waals surface area contributed by atoms with E-state index in [2.05, 4.69) is 6.92 Å². The van der Waals surface area contributed by atoms with E-state index in [0.717, 1.165) is 32.8 Å². The van der Waals surface area contributed by atoms with E-state index in [-0.39, 0.29) is 21.1 Å². The molecule has 0 aliphatic carbocycles. The Morgan fingerprint density at radius 2 is 1.00 bits per heavy atom. The Hall–Kier alpha value is 0.148. The van der Waals surface area contributed by atoms with Gasteiger partial charge in [0.2, 0.25) is 0 Å². The van der Waals surface area contributed by atoms with Crippen LogP contribution in [0.15, 0.2) is 11.8 Å². The van der Waals surface area contributed by atoms with Crippen molar-refractivity contribution in [3.8, 4) is 0 Å². The Balaban J connectivity index is -0.00000155. The average molecular weight is 526 g/mol. The largest absolute Gasteiger partial charge is 0.677 e. The van der Waals surface area contributed by atoms with Crippen LogP contribution in [0.4, 0.5) is 0 Å². The molecule has 3 nitrogen and oxygen atoms in total. The van der Waals surface area contributed by atoms with E-state index >= 15 is 0 Å². The molecule has 0 radical (unpaired) electrons. The maximum Gasteiger partial charge on any atom is 0.0882 e. The minimum absolute atomic E-state index is 0. The molecular formula is C21H44NO2W-. The van der Waals surface area contributed by atoms with Crippen molar-refractivity contribution in [2.24, 2.45) is 0 Å². The summed E-state index contributed by atoms with van der Waals surface area (Å²) in [5, 5.41) is 16.5. The van der Waals surface area contributed by atoms with Gasteiger partial charge in [-0.15, -0.1) is 0 Å². The molecule has 0 aliphatic rings. The smallest absolute Gasteiger partial charge is 0.0882 e. The first-order valence-corrected chi connectivity index (χ1v) is 10.3. The normalized spacial score (nSPS) is 10.8. The molecule has 0 bridgehead atoms. The Morgan fingerprint density at radius 3 is 1.32 bits per heavy atom. The second-order valence-electron chi connectivity index (χ2n) is 6.55. The van der Waals surface area contributed by atoms with Crippen molar-refractivity contribution in [3.63, 3.8) is 0 Å². The summed E-state index contributed by atoms with van der Waals surface area (Å²) in [5.41, 5.74) is 7.09. The van der Waals surface area contributed by atoms with Crippen LogP contribution in [-0.2, 0) is 21.1 Å². The first kappa shape index (κ1) is 29.9. The predicted molar refractivity (Wildman–Crippen MR) is 108 cm³/mol. The molecule has 25 heavy (non-hydrogen) atoms. The number of hydrogen-bond acceptors (Lipinski definition) is 2. The number of allylic oxidation sites excluding steroid dienone is 2. The molecule has 0 aromatic rings. The summed E-state index contributed by atoms with van der Waals surface area (Å²) in [6.45, 7) is 2.67. The topological polar surface area (TPSA) is 64.3 Å². The van der Waals surface area contributed by atoms with Crippen LogP contribution in [0.1, 0.15) is 110 Å². The fraction of sp³-hybridized carbons (Fsp3) is 0.905. The molecular weight excluding hydrogens is 482 g/mol. The van der Waals surface area contributed by atoms with E-state index in [1.54, 1.807) is 0 Å². The van der Waals surface area contributed by atoms with E-state index in [4.69, 9.17) is 10.8 Å². The molecule has 0 amide bonds. The second-order valence-corrected chi connectivity index (χ2v) is 6.55. The molecule has 152 valence electrons. The predicted octanol–water partition coefficient (Wildman–Crippen LogP) is 7.35. The molecule has 0 rings (SSSR count). The van der Waals surface area contributed by atoms with E-state index in [1.165, 1.54) is 77.0 Å². The Bertz CT molecular complexity index is 248. The summed E-state index contributed by atoms with van der Waals surface area (Å²) in [5.74, 6) is 0.585. The second kappa shape index (κ2) is 28.9. The molecule has 0 aliphatic heterocycles. The summed E-state index contributed by atoms with van der Waals surface area (Å²) in [6.07, 6.45) is 22.3. The summed E-state index contributed by atoms with van der Waals surface area (Å²) in [7, 11) is 1.00. The first-order valence-electron chi connectivity index (χ1n) is 10.3. The van der Waals surface area contributed by atoms with Gasteiger partial charge in [-0.05, 0) is 18.9 Å². The molecule has 0 saturated carbocycles. The zero-order chi connectivity index (χ0) is 18.3. The maximum absolute atomic E-state index is 9.51. The molecule has 0 heterocycles. The fourth-order valence-corrected chi connectivity index (χ4v) is 2.89. The van der Waals surface area contributed by atoms with Gasteiger partial charge in [0.25, 0.3) is 0 Å². The molecule has 0 saturated heterocycles. The van der Waals surface area contributed by atoms with Crippen LogP contribution in [0.3, 0.4) is 0 Å². The number of aliphatic hydroxyl groups is 2. The van der Waals surface area contributed by atoms with Gasteiger partial charge >= 0.3 is 0 Å². The zero-order valence-electron chi connectivity index (χ0n) is 16.9. The summed E-state index contributed by atoms with van der Waals surface area (Å²) in [4.78, 5) is 0. The van der Waals surface area contributed by atoms with Crippen LogP contribution < -0.4 is 0 Å². The van der Waals surface area contributed by atoms with Crippen molar-refractivity contribution in [1.82, 2.24) is 0 Å². The van der Waals surface area contributed by atoms with Crippen LogP contribution in [0.25, 0.3) is 5.73 Å². The van der Waals surface area contributed by atoms with E-state index in [9.17, 15) is 5.11 Å². The van der Waals surface area contributed by atoms with Crippen LogP contribution >= 0.6 is 0 Å². The van der Waals surface area contributed by atoms with Gasteiger partial charge in [-0.3, -0.25) is 0 Å². The SMILES string of the molecule is CC/C=C(/O)CCCCCCCCCCCCCCCC[NH-].CO.[W]. The zero-order valence-corrected chi connectivity index (χ0v) is 19.8. The third kappa shape index (κ3) is 29.2. The van der Waals surface area contributed by atoms with Gasteiger partial charge in [-0.2, -0.15) is 6.54 Å². The van der Waals surface area contributed by atoms with Crippen molar-refractivity contribution >= 4 is 0 Å². The van der Waals surface area contributed by atoms with Gasteiger partial charge in [0, 0.05) is 34.6 Å². The minimum Gasteiger partial charge on any atom is -0.677 e. The van der Waals surface area contributed by atoms with Gasteiger partial charge in [0.15, 0.2) is 0 Å². The third-order valence-corrected chi connectivity index (χ3v) is 4.30. The van der Waals surface area contributed by atoms with Crippen molar-refractivity contribution in [2.45, 2.75) is 110 Å². The van der Waals surface area contributed by atoms with Gasteiger partial charge in [0.1, 0.15) is 0 Å². The summed E-state index contributed by atoms with van der Waals surface area (Å²) in [6, 6.07) is 0. The molecule has 4 heteroatoms.